The van der Waals surface area contributed by atoms with Crippen LogP contribution in [-0.2, 0) is 5.41 Å². The number of benzene rings is 9. The second kappa shape index (κ2) is 9.64. The monoisotopic (exact) mass is 596 g/mol. The summed E-state index contributed by atoms with van der Waals surface area (Å²) in [5.74, 6) is 0. The van der Waals surface area contributed by atoms with E-state index in [1.54, 1.807) is 0 Å². The van der Waals surface area contributed by atoms with Gasteiger partial charge in [-0.2, -0.15) is 0 Å². The highest BCUT2D eigenvalue weighted by Crippen LogP contribution is 2.55. The molecule has 0 heteroatoms. The summed E-state index contributed by atoms with van der Waals surface area (Å²) >= 11 is 0. The molecule has 0 bridgehead atoms. The summed E-state index contributed by atoms with van der Waals surface area (Å²) in [6, 6.07) is 58.9. The molecule has 0 N–H and O–H groups in total. The maximum atomic E-state index is 2.49. The second-order valence-electron chi connectivity index (χ2n) is 13.7. The fourth-order valence-electron chi connectivity index (χ4n) is 8.48. The van der Waals surface area contributed by atoms with E-state index in [1.807, 2.05) is 0 Å². The lowest BCUT2D eigenvalue weighted by molar-refractivity contribution is 0.661. The molecule has 1 aliphatic carbocycles. The van der Waals surface area contributed by atoms with Crippen molar-refractivity contribution < 1.29 is 0 Å². The minimum absolute atomic E-state index is 0.0968. The summed E-state index contributed by atoms with van der Waals surface area (Å²) < 4.78 is 0. The lowest BCUT2D eigenvalue weighted by Gasteiger charge is -2.23. The summed E-state index contributed by atoms with van der Waals surface area (Å²) in [7, 11) is 0. The molecule has 0 unspecified atom stereocenters. The fourth-order valence-corrected chi connectivity index (χ4v) is 8.48. The first-order valence-corrected chi connectivity index (χ1v) is 16.6. The molecule has 0 saturated heterocycles. The summed E-state index contributed by atoms with van der Waals surface area (Å²) in [4.78, 5) is 0. The molecule has 0 spiro atoms. The average Bonchev–Trinajstić information content (AvgIpc) is 3.36. The first-order valence-electron chi connectivity index (χ1n) is 16.6. The minimum atomic E-state index is -0.0968. The average molecular weight is 597 g/mol. The SMILES string of the molecule is CC1(C)c2ccc3ccccc3c2-c2c1cc(-c1ccc3cc(-c4c5ccccc5cc5ccccc45)ccc3c1)c1ccccc21. The van der Waals surface area contributed by atoms with Gasteiger partial charge in [-0.25, -0.2) is 0 Å². The molecule has 0 amide bonds. The summed E-state index contributed by atoms with van der Waals surface area (Å²) in [6.45, 7) is 4.79. The van der Waals surface area contributed by atoms with Crippen LogP contribution in [0.3, 0.4) is 0 Å². The van der Waals surface area contributed by atoms with Crippen molar-refractivity contribution >= 4 is 53.9 Å². The van der Waals surface area contributed by atoms with Gasteiger partial charge in [0, 0.05) is 5.41 Å². The third-order valence-electron chi connectivity index (χ3n) is 10.8. The van der Waals surface area contributed by atoms with E-state index < -0.39 is 0 Å². The van der Waals surface area contributed by atoms with Gasteiger partial charge in [0.2, 0.25) is 0 Å². The smallest absolute Gasteiger partial charge is 0.0159 e. The Morgan fingerprint density at radius 3 is 1.49 bits per heavy atom. The second-order valence-corrected chi connectivity index (χ2v) is 13.7. The van der Waals surface area contributed by atoms with Crippen LogP contribution < -0.4 is 0 Å². The van der Waals surface area contributed by atoms with Gasteiger partial charge in [0.25, 0.3) is 0 Å². The summed E-state index contributed by atoms with van der Waals surface area (Å²) in [5, 5.41) is 12.9. The molecule has 0 saturated carbocycles. The summed E-state index contributed by atoms with van der Waals surface area (Å²) in [5.41, 5.74) is 10.7. The zero-order valence-corrected chi connectivity index (χ0v) is 26.5. The van der Waals surface area contributed by atoms with Crippen molar-refractivity contribution in [3.63, 3.8) is 0 Å². The maximum Gasteiger partial charge on any atom is 0.0159 e. The molecule has 220 valence electrons. The maximum absolute atomic E-state index is 2.49. The van der Waals surface area contributed by atoms with Crippen LogP contribution in [0.15, 0.2) is 158 Å². The third-order valence-corrected chi connectivity index (χ3v) is 10.8. The lowest BCUT2D eigenvalue weighted by Crippen LogP contribution is -2.15. The van der Waals surface area contributed by atoms with E-state index in [9.17, 15) is 0 Å². The zero-order chi connectivity index (χ0) is 31.3. The van der Waals surface area contributed by atoms with Crippen molar-refractivity contribution in [3.05, 3.63) is 169 Å². The van der Waals surface area contributed by atoms with Gasteiger partial charge in [0.1, 0.15) is 0 Å². The Hall–Kier alpha value is -5.72. The topological polar surface area (TPSA) is 0 Å². The van der Waals surface area contributed by atoms with E-state index in [1.165, 1.54) is 98.4 Å². The predicted molar refractivity (Wildman–Crippen MR) is 202 cm³/mol. The zero-order valence-electron chi connectivity index (χ0n) is 26.5. The Kier molecular flexibility index (Phi) is 5.44. The predicted octanol–water partition coefficient (Wildman–Crippen LogP) is 13.1. The highest BCUT2D eigenvalue weighted by Gasteiger charge is 2.38. The third kappa shape index (κ3) is 3.76. The molecule has 9 aromatic rings. The molecule has 0 fully saturated rings. The van der Waals surface area contributed by atoms with E-state index in [-0.39, 0.29) is 5.41 Å². The molecule has 1 aliphatic rings. The van der Waals surface area contributed by atoms with Crippen molar-refractivity contribution in [1.29, 1.82) is 0 Å². The van der Waals surface area contributed by atoms with Gasteiger partial charge in [-0.3, -0.25) is 0 Å². The molecule has 10 rings (SSSR count). The minimum Gasteiger partial charge on any atom is -0.0616 e. The molecule has 9 aromatic carbocycles. The van der Waals surface area contributed by atoms with Gasteiger partial charge in [0.15, 0.2) is 0 Å². The highest BCUT2D eigenvalue weighted by molar-refractivity contribution is 6.16. The lowest BCUT2D eigenvalue weighted by atomic mass is 9.80. The van der Waals surface area contributed by atoms with Crippen molar-refractivity contribution in [1.82, 2.24) is 0 Å². The van der Waals surface area contributed by atoms with Crippen molar-refractivity contribution in [2.45, 2.75) is 19.3 Å². The van der Waals surface area contributed by atoms with Crippen molar-refractivity contribution in [2.75, 3.05) is 0 Å². The van der Waals surface area contributed by atoms with E-state index in [0.29, 0.717) is 0 Å². The van der Waals surface area contributed by atoms with E-state index >= 15 is 0 Å². The van der Waals surface area contributed by atoms with Crippen LogP contribution in [0.25, 0.3) is 87.2 Å². The Morgan fingerprint density at radius 2 is 0.809 bits per heavy atom. The Bertz CT molecular complexity index is 2700. The van der Waals surface area contributed by atoms with E-state index in [4.69, 9.17) is 0 Å². The van der Waals surface area contributed by atoms with Crippen LogP contribution in [0.4, 0.5) is 0 Å². The van der Waals surface area contributed by atoms with Crippen molar-refractivity contribution in [2.24, 2.45) is 0 Å². The Labute approximate surface area is 274 Å². The molecule has 0 radical (unpaired) electrons. The summed E-state index contributed by atoms with van der Waals surface area (Å²) in [6.07, 6.45) is 0. The number of rotatable bonds is 2. The van der Waals surface area contributed by atoms with Gasteiger partial charge in [-0.1, -0.05) is 147 Å². The first kappa shape index (κ1) is 26.5. The molecule has 0 nitrogen and oxygen atoms in total. The van der Waals surface area contributed by atoms with Crippen LogP contribution in [0.1, 0.15) is 25.0 Å². The fraction of sp³-hybridized carbons (Fsp3) is 0.0638. The molecule has 0 heterocycles. The van der Waals surface area contributed by atoms with E-state index in [2.05, 4.69) is 172 Å². The molecule has 47 heavy (non-hydrogen) atoms. The van der Waals surface area contributed by atoms with Gasteiger partial charge in [0.05, 0.1) is 0 Å². The molecule has 0 atom stereocenters. The van der Waals surface area contributed by atoms with Crippen LogP contribution in [-0.4, -0.2) is 0 Å². The first-order chi connectivity index (χ1) is 23.1. The van der Waals surface area contributed by atoms with Gasteiger partial charge >= 0.3 is 0 Å². The Morgan fingerprint density at radius 1 is 0.319 bits per heavy atom. The molecule has 0 aliphatic heterocycles. The van der Waals surface area contributed by atoms with Gasteiger partial charge in [-0.15, -0.1) is 0 Å². The largest absolute Gasteiger partial charge is 0.0616 e. The quantitative estimate of drug-likeness (QED) is 0.174. The Balaban J connectivity index is 1.17. The highest BCUT2D eigenvalue weighted by atomic mass is 14.4. The molecule has 0 aromatic heterocycles. The standard InChI is InChI=1S/C47H32/c1-47(2)42-24-23-29-11-3-6-14-36(29)45(42)46-40-18-10-9-17-39(40)41(28-43(46)47)34-21-19-31-26-35(22-20-30(31)25-34)44-37-15-7-4-12-32(37)27-33-13-5-8-16-38(33)44/h3-28H,1-2H3. The van der Waals surface area contributed by atoms with Crippen molar-refractivity contribution in [3.8, 4) is 33.4 Å². The number of hydrogen-bond donors (Lipinski definition) is 0. The number of hydrogen-bond acceptors (Lipinski definition) is 0. The van der Waals surface area contributed by atoms with Gasteiger partial charge in [-0.05, 0) is 123 Å². The molecular weight excluding hydrogens is 565 g/mol. The normalized spacial score (nSPS) is 13.5. The van der Waals surface area contributed by atoms with Crippen LogP contribution in [0.5, 0.6) is 0 Å². The van der Waals surface area contributed by atoms with Gasteiger partial charge < -0.3 is 0 Å². The van der Waals surface area contributed by atoms with Crippen LogP contribution in [0, 0.1) is 0 Å². The molecular formula is C47H32. The van der Waals surface area contributed by atoms with E-state index in [0.717, 1.165) is 0 Å². The van der Waals surface area contributed by atoms with Crippen LogP contribution >= 0.6 is 0 Å². The number of fused-ring (bicyclic) bond motifs is 10. The van der Waals surface area contributed by atoms with Crippen LogP contribution in [0.2, 0.25) is 0 Å².